The Labute approximate surface area is 256 Å². The summed E-state index contributed by atoms with van der Waals surface area (Å²) in [6, 6.07) is 47.4. The monoisotopic (exact) mass is 566 g/mol. The second-order valence-corrected chi connectivity index (χ2v) is 11.2. The third kappa shape index (κ3) is 4.15. The van der Waals surface area contributed by atoms with Crippen molar-refractivity contribution in [3.63, 3.8) is 0 Å². The van der Waals surface area contributed by atoms with Crippen molar-refractivity contribution in [2.75, 3.05) is 23.9 Å². The number of aromatic nitrogens is 2. The molecule has 2 aromatic heterocycles. The van der Waals surface area contributed by atoms with E-state index < -0.39 is 0 Å². The minimum Gasteiger partial charge on any atom is -0.342 e. The zero-order valence-electron chi connectivity index (χ0n) is 24.6. The van der Waals surface area contributed by atoms with Crippen LogP contribution in [0.1, 0.15) is 0 Å². The lowest BCUT2D eigenvalue weighted by Gasteiger charge is -2.29. The van der Waals surface area contributed by atoms with E-state index in [1.165, 1.54) is 32.7 Å². The summed E-state index contributed by atoms with van der Waals surface area (Å²) in [5, 5.41) is 7.04. The Morgan fingerprint density at radius 2 is 0.773 bits per heavy atom. The van der Waals surface area contributed by atoms with Gasteiger partial charge >= 0.3 is 0 Å². The number of rotatable bonds is 5. The van der Waals surface area contributed by atoms with Crippen LogP contribution in [-0.4, -0.2) is 24.1 Å². The van der Waals surface area contributed by atoms with Crippen molar-refractivity contribution in [3.8, 4) is 11.1 Å². The molecule has 0 amide bonds. The van der Waals surface area contributed by atoms with E-state index in [1.807, 2.05) is 24.5 Å². The summed E-state index contributed by atoms with van der Waals surface area (Å²) in [7, 11) is 4.31. The number of fused-ring (bicyclic) bond motifs is 4. The predicted octanol–water partition coefficient (Wildman–Crippen LogP) is 10.3. The SMILES string of the molecule is CN(c1ccc2ccccc2c1-c1c(N(C)c2cccc3cccnc23)ccc2ccccc12)c1cccc2cccnc12. The van der Waals surface area contributed by atoms with E-state index in [0.29, 0.717) is 0 Å². The van der Waals surface area contributed by atoms with Crippen LogP contribution in [-0.2, 0) is 0 Å². The Morgan fingerprint density at radius 3 is 1.25 bits per heavy atom. The van der Waals surface area contributed by atoms with Gasteiger partial charge in [-0.15, -0.1) is 0 Å². The molecule has 0 unspecified atom stereocenters. The molecule has 6 aromatic carbocycles. The first-order valence-electron chi connectivity index (χ1n) is 14.9. The van der Waals surface area contributed by atoms with Crippen LogP contribution in [0.3, 0.4) is 0 Å². The smallest absolute Gasteiger partial charge is 0.0938 e. The van der Waals surface area contributed by atoms with E-state index in [1.54, 1.807) is 0 Å². The van der Waals surface area contributed by atoms with Crippen LogP contribution in [0, 0.1) is 0 Å². The zero-order chi connectivity index (χ0) is 29.6. The van der Waals surface area contributed by atoms with Crippen LogP contribution in [0.5, 0.6) is 0 Å². The summed E-state index contributed by atoms with van der Waals surface area (Å²) in [5.74, 6) is 0. The lowest BCUT2D eigenvalue weighted by Crippen LogP contribution is -2.14. The van der Waals surface area contributed by atoms with Crippen LogP contribution < -0.4 is 9.80 Å². The Morgan fingerprint density at radius 1 is 0.364 bits per heavy atom. The van der Waals surface area contributed by atoms with Gasteiger partial charge in [0, 0.05) is 59.8 Å². The van der Waals surface area contributed by atoms with Gasteiger partial charge in [-0.3, -0.25) is 9.97 Å². The Balaban J connectivity index is 1.46. The van der Waals surface area contributed by atoms with Gasteiger partial charge in [0.25, 0.3) is 0 Å². The number of benzene rings is 6. The van der Waals surface area contributed by atoms with Gasteiger partial charge in [-0.25, -0.2) is 0 Å². The van der Waals surface area contributed by atoms with Crippen molar-refractivity contribution in [1.82, 2.24) is 9.97 Å². The second kappa shape index (κ2) is 10.5. The number of nitrogens with zero attached hydrogens (tertiary/aromatic N) is 4. The van der Waals surface area contributed by atoms with Gasteiger partial charge in [0.15, 0.2) is 0 Å². The first-order valence-corrected chi connectivity index (χ1v) is 14.9. The summed E-state index contributed by atoms with van der Waals surface area (Å²) >= 11 is 0. The summed E-state index contributed by atoms with van der Waals surface area (Å²) < 4.78 is 0. The summed E-state index contributed by atoms with van der Waals surface area (Å²) in [6.45, 7) is 0. The largest absolute Gasteiger partial charge is 0.342 e. The molecule has 0 aliphatic rings. The molecule has 0 aliphatic carbocycles. The molecular formula is C40H30N4. The van der Waals surface area contributed by atoms with Crippen LogP contribution in [0.4, 0.5) is 22.7 Å². The second-order valence-electron chi connectivity index (χ2n) is 11.2. The van der Waals surface area contributed by atoms with Crippen LogP contribution in [0.25, 0.3) is 54.5 Å². The first kappa shape index (κ1) is 25.9. The van der Waals surface area contributed by atoms with Crippen LogP contribution in [0.15, 0.2) is 146 Å². The molecule has 0 saturated heterocycles. The van der Waals surface area contributed by atoms with Gasteiger partial charge in [0.2, 0.25) is 0 Å². The maximum absolute atomic E-state index is 4.80. The summed E-state index contributed by atoms with van der Waals surface area (Å²) in [4.78, 5) is 14.2. The third-order valence-electron chi connectivity index (χ3n) is 8.73. The van der Waals surface area contributed by atoms with E-state index in [0.717, 1.165) is 44.6 Å². The number of para-hydroxylation sites is 2. The molecule has 4 heteroatoms. The fourth-order valence-corrected chi connectivity index (χ4v) is 6.58. The number of hydrogen-bond donors (Lipinski definition) is 0. The highest BCUT2D eigenvalue weighted by molar-refractivity contribution is 6.15. The van der Waals surface area contributed by atoms with Crippen LogP contribution >= 0.6 is 0 Å². The van der Waals surface area contributed by atoms with Gasteiger partial charge < -0.3 is 9.80 Å². The van der Waals surface area contributed by atoms with E-state index in [4.69, 9.17) is 9.97 Å². The quantitative estimate of drug-likeness (QED) is 0.207. The Hall–Kier alpha value is -5.74. The third-order valence-corrected chi connectivity index (χ3v) is 8.73. The van der Waals surface area contributed by atoms with E-state index in [2.05, 4.69) is 145 Å². The van der Waals surface area contributed by atoms with Gasteiger partial charge in [-0.05, 0) is 57.9 Å². The fourth-order valence-electron chi connectivity index (χ4n) is 6.58. The van der Waals surface area contributed by atoms with E-state index >= 15 is 0 Å². The van der Waals surface area contributed by atoms with Crippen molar-refractivity contribution in [2.45, 2.75) is 0 Å². The Bertz CT molecular complexity index is 2170. The van der Waals surface area contributed by atoms with Crippen molar-refractivity contribution >= 4 is 66.1 Å². The molecule has 44 heavy (non-hydrogen) atoms. The normalized spacial score (nSPS) is 11.4. The van der Waals surface area contributed by atoms with Gasteiger partial charge in [-0.1, -0.05) is 97.1 Å². The minimum atomic E-state index is 0.980. The zero-order valence-corrected chi connectivity index (χ0v) is 24.6. The number of pyridine rings is 2. The summed E-state index contributed by atoms with van der Waals surface area (Å²) in [6.07, 6.45) is 3.74. The van der Waals surface area contributed by atoms with Crippen molar-refractivity contribution in [2.24, 2.45) is 0 Å². The van der Waals surface area contributed by atoms with Gasteiger partial charge in [0.05, 0.1) is 22.4 Å². The van der Waals surface area contributed by atoms with Gasteiger partial charge in [0.1, 0.15) is 0 Å². The molecular weight excluding hydrogens is 536 g/mol. The number of hydrogen-bond acceptors (Lipinski definition) is 4. The maximum atomic E-state index is 4.80. The molecule has 8 rings (SSSR count). The molecule has 0 fully saturated rings. The van der Waals surface area contributed by atoms with Gasteiger partial charge in [-0.2, -0.15) is 0 Å². The van der Waals surface area contributed by atoms with Crippen molar-refractivity contribution in [1.29, 1.82) is 0 Å². The highest BCUT2D eigenvalue weighted by Crippen LogP contribution is 2.48. The molecule has 2 heterocycles. The molecule has 0 radical (unpaired) electrons. The maximum Gasteiger partial charge on any atom is 0.0938 e. The Kier molecular flexibility index (Phi) is 6.20. The average Bonchev–Trinajstić information content (AvgIpc) is 3.09. The molecule has 0 bridgehead atoms. The predicted molar refractivity (Wildman–Crippen MR) is 187 cm³/mol. The van der Waals surface area contributed by atoms with E-state index in [-0.39, 0.29) is 0 Å². The number of anilines is 4. The van der Waals surface area contributed by atoms with Crippen molar-refractivity contribution in [3.05, 3.63) is 146 Å². The molecule has 0 atom stereocenters. The molecule has 0 N–H and O–H groups in total. The lowest BCUT2D eigenvalue weighted by molar-refractivity contribution is 1.20. The van der Waals surface area contributed by atoms with Crippen molar-refractivity contribution < 1.29 is 0 Å². The standard InChI is InChI=1S/C40H30N4/c1-43(35-19-7-13-29-15-9-25-41-39(29)35)33-23-21-27-11-3-5-17-31(27)37(33)38-32-18-6-4-12-28(32)22-24-34(38)44(2)36-20-8-14-30-16-10-26-42-40(30)36/h3-26H,1-2H3. The topological polar surface area (TPSA) is 32.3 Å². The average molecular weight is 567 g/mol. The molecule has 0 saturated carbocycles. The fraction of sp³-hybridized carbons (Fsp3) is 0.0500. The highest BCUT2D eigenvalue weighted by Gasteiger charge is 2.23. The molecule has 210 valence electrons. The lowest BCUT2D eigenvalue weighted by atomic mass is 9.90. The molecule has 4 nitrogen and oxygen atoms in total. The van der Waals surface area contributed by atoms with E-state index in [9.17, 15) is 0 Å². The molecule has 0 aliphatic heterocycles. The minimum absolute atomic E-state index is 0.980. The molecule has 0 spiro atoms. The first-order chi connectivity index (χ1) is 21.7. The van der Waals surface area contributed by atoms with Crippen LogP contribution in [0.2, 0.25) is 0 Å². The highest BCUT2D eigenvalue weighted by atomic mass is 15.1. The summed E-state index contributed by atoms with van der Waals surface area (Å²) in [5.41, 5.74) is 8.69. The molecule has 8 aromatic rings.